The van der Waals surface area contributed by atoms with Crippen molar-refractivity contribution in [2.45, 2.75) is 6.29 Å². The Kier molecular flexibility index (Phi) is 8.81. The molecule has 76 valence electrons. The van der Waals surface area contributed by atoms with E-state index in [1.54, 1.807) is 12.4 Å². The Hall–Kier alpha value is -0.250. The lowest BCUT2D eigenvalue weighted by atomic mass is 10.6. The molecular weight excluding hydrogens is 190 g/mol. The van der Waals surface area contributed by atoms with Crippen LogP contribution in [0.3, 0.4) is 0 Å². The summed E-state index contributed by atoms with van der Waals surface area (Å²) in [5, 5.41) is 17.9. The molecule has 0 fully saturated rings. The van der Waals surface area contributed by atoms with Gasteiger partial charge in [0.25, 0.3) is 0 Å². The number of aliphatic hydroxyl groups is 2. The standard InChI is InChI=1S/C3H9NO2.CH4O4S/c1-4-2-3(5)6;1-5-6(2,3)4/h3-6H,2H2,1H3;1H3,(H,2,3,4). The van der Waals surface area contributed by atoms with E-state index in [4.69, 9.17) is 10.2 Å². The zero-order valence-electron chi connectivity index (χ0n) is 6.80. The van der Waals surface area contributed by atoms with Gasteiger partial charge in [-0.1, -0.05) is 0 Å². The van der Waals surface area contributed by atoms with Crippen molar-refractivity contribution in [3.8, 4) is 0 Å². The lowest BCUT2D eigenvalue weighted by Gasteiger charge is -1.98. The summed E-state index contributed by atoms with van der Waals surface area (Å²) in [7, 11) is -1.83. The van der Waals surface area contributed by atoms with Gasteiger partial charge >= 0.3 is 0 Å². The number of hydrogen-bond acceptors (Lipinski definition) is 6. The Morgan fingerprint density at radius 1 is 1.58 bits per heavy atom. The van der Waals surface area contributed by atoms with Gasteiger partial charge in [-0.05, 0) is 0 Å². The molecular formula is C4H13NO6S. The Morgan fingerprint density at radius 2 is 1.92 bits per heavy atom. The number of hydrogen-bond donors (Lipinski definition) is 3. The predicted octanol–water partition coefficient (Wildman–Crippen LogP) is -3.42. The first kappa shape index (κ1) is 14.3. The highest BCUT2D eigenvalue weighted by atomic mass is 32.3. The Labute approximate surface area is 70.9 Å². The maximum absolute atomic E-state index is 9.22. The number of aliphatic hydroxyl groups excluding tert-OH is 1. The molecule has 0 saturated carbocycles. The molecule has 0 saturated heterocycles. The van der Waals surface area contributed by atoms with Gasteiger partial charge in [0.1, 0.15) is 6.54 Å². The summed E-state index contributed by atoms with van der Waals surface area (Å²) in [4.78, 5) is 0. The molecule has 8 heteroatoms. The van der Waals surface area contributed by atoms with Crippen molar-refractivity contribution in [3.63, 3.8) is 0 Å². The van der Waals surface area contributed by atoms with E-state index in [9.17, 15) is 13.0 Å². The van der Waals surface area contributed by atoms with Crippen LogP contribution in [0.5, 0.6) is 0 Å². The van der Waals surface area contributed by atoms with E-state index in [0.29, 0.717) is 6.54 Å². The molecule has 0 aliphatic carbocycles. The highest BCUT2D eigenvalue weighted by Crippen LogP contribution is 1.74. The van der Waals surface area contributed by atoms with Gasteiger partial charge in [0.05, 0.1) is 14.2 Å². The molecule has 0 bridgehead atoms. The van der Waals surface area contributed by atoms with Crippen molar-refractivity contribution in [3.05, 3.63) is 0 Å². The maximum Gasteiger partial charge on any atom is 0.217 e. The minimum atomic E-state index is -4.41. The summed E-state index contributed by atoms with van der Waals surface area (Å²) >= 11 is 0. The fourth-order valence-electron chi connectivity index (χ4n) is 0.211. The summed E-state index contributed by atoms with van der Waals surface area (Å²) in [6.45, 7) is 0.361. The molecule has 0 aromatic rings. The minimum absolute atomic E-state index is 0.361. The monoisotopic (exact) mass is 203 g/mol. The topological polar surface area (TPSA) is 124 Å². The van der Waals surface area contributed by atoms with Crippen molar-refractivity contribution in [1.82, 2.24) is 0 Å². The Balaban J connectivity index is 0. The summed E-state index contributed by atoms with van der Waals surface area (Å²) in [5.74, 6) is 0. The fraction of sp³-hybridized carbons (Fsp3) is 1.00. The first-order chi connectivity index (χ1) is 5.33. The summed E-state index contributed by atoms with van der Waals surface area (Å²) in [6.07, 6.45) is -1.16. The fourth-order valence-corrected chi connectivity index (χ4v) is 0.211. The van der Waals surface area contributed by atoms with Gasteiger partial charge in [0, 0.05) is 0 Å². The molecule has 0 heterocycles. The molecule has 0 radical (unpaired) electrons. The Bertz CT molecular complexity index is 176. The van der Waals surface area contributed by atoms with Crippen molar-refractivity contribution < 1.29 is 32.7 Å². The van der Waals surface area contributed by atoms with Crippen LogP contribution >= 0.6 is 0 Å². The van der Waals surface area contributed by atoms with E-state index in [0.717, 1.165) is 7.11 Å². The van der Waals surface area contributed by atoms with Gasteiger partial charge in [-0.15, -0.1) is 0 Å². The number of likely N-dealkylation sites (N-methyl/N-ethyl adjacent to an activating group) is 1. The van der Waals surface area contributed by atoms with Gasteiger partial charge < -0.3 is 20.1 Å². The van der Waals surface area contributed by atoms with Gasteiger partial charge in [-0.3, -0.25) is 4.18 Å². The second kappa shape index (κ2) is 7.40. The molecule has 0 aromatic heterocycles. The molecule has 7 nitrogen and oxygen atoms in total. The number of quaternary nitrogens is 1. The van der Waals surface area contributed by atoms with E-state index in [1.807, 2.05) is 0 Å². The van der Waals surface area contributed by atoms with E-state index in [2.05, 4.69) is 4.18 Å². The molecule has 0 rings (SSSR count). The highest BCUT2D eigenvalue weighted by Gasteiger charge is 1.91. The molecule has 0 atom stereocenters. The third kappa shape index (κ3) is 22.6. The van der Waals surface area contributed by atoms with Crippen molar-refractivity contribution in [2.24, 2.45) is 0 Å². The number of nitrogens with two attached hydrogens (primary N) is 1. The normalized spacial score (nSPS) is 10.8. The van der Waals surface area contributed by atoms with Crippen LogP contribution in [0.2, 0.25) is 0 Å². The largest absolute Gasteiger partial charge is 0.726 e. The summed E-state index contributed by atoms with van der Waals surface area (Å²) < 4.78 is 31.0. The second-order valence-electron chi connectivity index (χ2n) is 1.70. The molecule has 0 aromatic carbocycles. The summed E-state index contributed by atoms with van der Waals surface area (Å²) in [5.41, 5.74) is 0. The zero-order chi connectivity index (χ0) is 10.2. The SMILES string of the molecule is COS(=O)(=O)[O-].C[NH2+]CC(O)O. The van der Waals surface area contributed by atoms with Gasteiger partial charge in [0.2, 0.25) is 16.7 Å². The lowest BCUT2D eigenvalue weighted by Crippen LogP contribution is -2.82. The molecule has 12 heavy (non-hydrogen) atoms. The van der Waals surface area contributed by atoms with Crippen molar-refractivity contribution in [2.75, 3.05) is 20.7 Å². The highest BCUT2D eigenvalue weighted by molar-refractivity contribution is 7.80. The van der Waals surface area contributed by atoms with Gasteiger partial charge in [-0.2, -0.15) is 0 Å². The van der Waals surface area contributed by atoms with Crippen molar-refractivity contribution in [1.29, 1.82) is 0 Å². The van der Waals surface area contributed by atoms with E-state index < -0.39 is 16.7 Å². The average molecular weight is 203 g/mol. The Morgan fingerprint density at radius 3 is 1.92 bits per heavy atom. The van der Waals surface area contributed by atoms with Crippen LogP contribution in [-0.2, 0) is 14.6 Å². The predicted molar refractivity (Wildman–Crippen MR) is 37.6 cm³/mol. The lowest BCUT2D eigenvalue weighted by molar-refractivity contribution is -0.640. The van der Waals surface area contributed by atoms with E-state index in [-0.39, 0.29) is 0 Å². The molecule has 4 N–H and O–H groups in total. The van der Waals surface area contributed by atoms with E-state index >= 15 is 0 Å². The molecule has 0 aliphatic heterocycles. The minimum Gasteiger partial charge on any atom is -0.726 e. The smallest absolute Gasteiger partial charge is 0.217 e. The zero-order valence-corrected chi connectivity index (χ0v) is 7.61. The molecule has 0 aliphatic rings. The molecule has 0 spiro atoms. The van der Waals surface area contributed by atoms with Crippen LogP contribution in [0.4, 0.5) is 0 Å². The van der Waals surface area contributed by atoms with Crippen LogP contribution in [0.15, 0.2) is 0 Å². The van der Waals surface area contributed by atoms with Crippen LogP contribution < -0.4 is 5.32 Å². The third-order valence-electron chi connectivity index (χ3n) is 0.651. The van der Waals surface area contributed by atoms with Gasteiger partial charge in [0.15, 0.2) is 0 Å². The second-order valence-corrected chi connectivity index (χ2v) is 2.85. The molecule has 0 unspecified atom stereocenters. The van der Waals surface area contributed by atoms with Crippen LogP contribution in [0, 0.1) is 0 Å². The molecule has 0 amide bonds. The first-order valence-corrected chi connectivity index (χ1v) is 4.32. The van der Waals surface area contributed by atoms with Gasteiger partial charge in [-0.25, -0.2) is 8.42 Å². The maximum atomic E-state index is 9.22. The number of rotatable bonds is 3. The third-order valence-corrected chi connectivity index (χ3v) is 1.06. The van der Waals surface area contributed by atoms with E-state index in [1.165, 1.54) is 0 Å². The van der Waals surface area contributed by atoms with Crippen molar-refractivity contribution >= 4 is 10.4 Å². The average Bonchev–Trinajstić information content (AvgIpc) is 1.87. The van der Waals surface area contributed by atoms with Crippen LogP contribution in [0.1, 0.15) is 0 Å². The summed E-state index contributed by atoms with van der Waals surface area (Å²) in [6, 6.07) is 0. The van der Waals surface area contributed by atoms with Crippen LogP contribution in [0.25, 0.3) is 0 Å². The van der Waals surface area contributed by atoms with Crippen LogP contribution in [-0.4, -0.2) is 50.2 Å². The quantitative estimate of drug-likeness (QED) is 0.249. The first-order valence-electron chi connectivity index (χ1n) is 2.99.